The fourth-order valence-corrected chi connectivity index (χ4v) is 2.82. The summed E-state index contributed by atoms with van der Waals surface area (Å²) in [5, 5.41) is 12.3. The highest BCUT2D eigenvalue weighted by atomic mass is 79.9. The number of rotatable bonds is 3. The first-order valence-electron chi connectivity index (χ1n) is 6.33. The first kappa shape index (κ1) is 13.1. The predicted molar refractivity (Wildman–Crippen MR) is 79.4 cm³/mol. The standard InChI is InChI=1S/C15H13BrN2O2/c16-11-6-10(7-17-8-11)9-20-15-3-1-2-12-13(15)4-5-14(12)18-19/h1-3,6-8,19H,4-5,9H2/b18-14-. The molecule has 2 aromatic rings. The van der Waals surface area contributed by atoms with E-state index in [9.17, 15) is 0 Å². The van der Waals surface area contributed by atoms with Crippen LogP contribution in [-0.2, 0) is 13.0 Å². The van der Waals surface area contributed by atoms with Crippen LogP contribution in [0.5, 0.6) is 5.75 Å². The van der Waals surface area contributed by atoms with Crippen molar-refractivity contribution < 1.29 is 9.94 Å². The normalized spacial score (nSPS) is 15.3. The molecule has 1 aliphatic carbocycles. The lowest BCUT2D eigenvalue weighted by Crippen LogP contribution is -2.00. The molecule has 0 radical (unpaired) electrons. The minimum absolute atomic E-state index is 0.467. The summed E-state index contributed by atoms with van der Waals surface area (Å²) in [6.07, 6.45) is 5.13. The molecule has 0 saturated carbocycles. The lowest BCUT2D eigenvalue weighted by Gasteiger charge is -2.10. The first-order valence-corrected chi connectivity index (χ1v) is 7.12. The Kier molecular flexibility index (Phi) is 3.69. The van der Waals surface area contributed by atoms with E-state index in [0.717, 1.165) is 45.5 Å². The van der Waals surface area contributed by atoms with E-state index < -0.39 is 0 Å². The Bertz CT molecular complexity index is 671. The zero-order valence-electron chi connectivity index (χ0n) is 10.7. The van der Waals surface area contributed by atoms with E-state index in [1.54, 1.807) is 12.4 Å². The molecular formula is C15H13BrN2O2. The summed E-state index contributed by atoms with van der Waals surface area (Å²) in [5.74, 6) is 0.848. The minimum Gasteiger partial charge on any atom is -0.489 e. The second-order valence-electron chi connectivity index (χ2n) is 4.63. The van der Waals surface area contributed by atoms with Gasteiger partial charge in [0, 0.05) is 33.6 Å². The largest absolute Gasteiger partial charge is 0.489 e. The van der Waals surface area contributed by atoms with E-state index in [0.29, 0.717) is 6.61 Å². The predicted octanol–water partition coefficient (Wildman–Crippen LogP) is 3.55. The molecule has 3 rings (SSSR count). The highest BCUT2D eigenvalue weighted by Crippen LogP contribution is 2.31. The van der Waals surface area contributed by atoms with Crippen molar-refractivity contribution in [3.63, 3.8) is 0 Å². The van der Waals surface area contributed by atoms with E-state index in [1.807, 2.05) is 24.3 Å². The van der Waals surface area contributed by atoms with Crippen LogP contribution in [-0.4, -0.2) is 15.9 Å². The monoisotopic (exact) mass is 332 g/mol. The first-order chi connectivity index (χ1) is 9.78. The highest BCUT2D eigenvalue weighted by molar-refractivity contribution is 9.10. The molecule has 0 fully saturated rings. The zero-order chi connectivity index (χ0) is 13.9. The number of oxime groups is 1. The van der Waals surface area contributed by atoms with Gasteiger partial charge in [-0.25, -0.2) is 0 Å². The van der Waals surface area contributed by atoms with Crippen molar-refractivity contribution >= 4 is 21.6 Å². The van der Waals surface area contributed by atoms with Gasteiger partial charge in [-0.05, 0) is 40.9 Å². The van der Waals surface area contributed by atoms with Crippen molar-refractivity contribution in [1.29, 1.82) is 0 Å². The van der Waals surface area contributed by atoms with Crippen molar-refractivity contribution in [2.24, 2.45) is 5.16 Å². The summed E-state index contributed by atoms with van der Waals surface area (Å²) in [7, 11) is 0. The maximum Gasteiger partial charge on any atom is 0.123 e. The smallest absolute Gasteiger partial charge is 0.123 e. The number of pyridine rings is 1. The van der Waals surface area contributed by atoms with Crippen LogP contribution >= 0.6 is 15.9 Å². The van der Waals surface area contributed by atoms with Gasteiger partial charge in [0.2, 0.25) is 0 Å². The number of aromatic nitrogens is 1. The number of ether oxygens (including phenoxy) is 1. The molecule has 5 heteroatoms. The van der Waals surface area contributed by atoms with Gasteiger partial charge in [0.1, 0.15) is 12.4 Å². The molecule has 0 spiro atoms. The molecule has 0 atom stereocenters. The van der Waals surface area contributed by atoms with Gasteiger partial charge < -0.3 is 9.94 Å². The van der Waals surface area contributed by atoms with Crippen LogP contribution in [0.2, 0.25) is 0 Å². The lowest BCUT2D eigenvalue weighted by molar-refractivity contribution is 0.303. The van der Waals surface area contributed by atoms with Gasteiger partial charge >= 0.3 is 0 Å². The van der Waals surface area contributed by atoms with Gasteiger partial charge in [0.25, 0.3) is 0 Å². The van der Waals surface area contributed by atoms with Crippen LogP contribution in [0.4, 0.5) is 0 Å². The van der Waals surface area contributed by atoms with E-state index in [1.165, 1.54) is 0 Å². The van der Waals surface area contributed by atoms with E-state index in [4.69, 9.17) is 9.94 Å². The molecule has 1 aromatic carbocycles. The molecule has 4 nitrogen and oxygen atoms in total. The molecule has 102 valence electrons. The molecule has 1 aliphatic rings. The van der Waals surface area contributed by atoms with Crippen molar-refractivity contribution in [3.8, 4) is 5.75 Å². The molecule has 20 heavy (non-hydrogen) atoms. The quantitative estimate of drug-likeness (QED) is 0.690. The molecule has 0 unspecified atom stereocenters. The van der Waals surface area contributed by atoms with Crippen molar-refractivity contribution in [1.82, 2.24) is 4.98 Å². The van der Waals surface area contributed by atoms with Crippen LogP contribution in [0.3, 0.4) is 0 Å². The van der Waals surface area contributed by atoms with Crippen LogP contribution < -0.4 is 4.74 Å². The number of hydrogen-bond donors (Lipinski definition) is 1. The van der Waals surface area contributed by atoms with E-state index in [2.05, 4.69) is 26.1 Å². The average Bonchev–Trinajstić information content (AvgIpc) is 2.89. The second-order valence-corrected chi connectivity index (χ2v) is 5.54. The van der Waals surface area contributed by atoms with Crippen LogP contribution in [0.1, 0.15) is 23.1 Å². The third-order valence-electron chi connectivity index (χ3n) is 3.33. The zero-order valence-corrected chi connectivity index (χ0v) is 12.3. The minimum atomic E-state index is 0.467. The fourth-order valence-electron chi connectivity index (χ4n) is 2.41. The topological polar surface area (TPSA) is 54.7 Å². The van der Waals surface area contributed by atoms with Gasteiger partial charge in [-0.15, -0.1) is 0 Å². The maximum atomic E-state index is 8.98. The summed E-state index contributed by atoms with van der Waals surface area (Å²) in [6.45, 7) is 0.467. The van der Waals surface area contributed by atoms with Gasteiger partial charge in [-0.3, -0.25) is 4.98 Å². The summed E-state index contributed by atoms with van der Waals surface area (Å²) < 4.78 is 6.82. The molecule has 0 saturated heterocycles. The lowest BCUT2D eigenvalue weighted by atomic mass is 10.1. The van der Waals surface area contributed by atoms with Gasteiger partial charge in [0.15, 0.2) is 0 Å². The van der Waals surface area contributed by atoms with E-state index >= 15 is 0 Å². The van der Waals surface area contributed by atoms with Gasteiger partial charge in [-0.1, -0.05) is 17.3 Å². The Labute approximate surface area is 125 Å². The highest BCUT2D eigenvalue weighted by Gasteiger charge is 2.21. The van der Waals surface area contributed by atoms with Gasteiger partial charge in [-0.2, -0.15) is 0 Å². The van der Waals surface area contributed by atoms with Gasteiger partial charge in [0.05, 0.1) is 5.71 Å². The fraction of sp³-hybridized carbons (Fsp3) is 0.200. The number of benzene rings is 1. The Morgan fingerprint density at radius 2 is 2.20 bits per heavy atom. The summed E-state index contributed by atoms with van der Waals surface area (Å²) >= 11 is 3.39. The molecule has 1 aromatic heterocycles. The molecule has 0 amide bonds. The van der Waals surface area contributed by atoms with Crippen molar-refractivity contribution in [2.75, 3.05) is 0 Å². The second kappa shape index (κ2) is 5.63. The van der Waals surface area contributed by atoms with E-state index in [-0.39, 0.29) is 0 Å². The molecule has 1 heterocycles. The van der Waals surface area contributed by atoms with Crippen LogP contribution in [0, 0.1) is 0 Å². The molecule has 1 N–H and O–H groups in total. The SMILES string of the molecule is O/N=C1/CCc2c(OCc3cncc(Br)c3)cccc21. The number of nitrogens with zero attached hydrogens (tertiary/aromatic N) is 2. The number of fused-ring (bicyclic) bond motifs is 1. The molecule has 0 bridgehead atoms. The number of hydrogen-bond acceptors (Lipinski definition) is 4. The average molecular weight is 333 g/mol. The third kappa shape index (κ3) is 2.54. The Hall–Kier alpha value is -1.88. The number of halogens is 1. The van der Waals surface area contributed by atoms with Crippen LogP contribution in [0.15, 0.2) is 46.3 Å². The Morgan fingerprint density at radius 1 is 1.30 bits per heavy atom. The summed E-state index contributed by atoms with van der Waals surface area (Å²) in [6, 6.07) is 7.82. The molecular weight excluding hydrogens is 320 g/mol. The van der Waals surface area contributed by atoms with Crippen molar-refractivity contribution in [3.05, 3.63) is 57.8 Å². The third-order valence-corrected chi connectivity index (χ3v) is 3.77. The summed E-state index contributed by atoms with van der Waals surface area (Å²) in [4.78, 5) is 4.12. The van der Waals surface area contributed by atoms with Crippen molar-refractivity contribution in [2.45, 2.75) is 19.4 Å². The van der Waals surface area contributed by atoms with Crippen LogP contribution in [0.25, 0.3) is 0 Å². The Morgan fingerprint density at radius 3 is 3.00 bits per heavy atom. The molecule has 0 aliphatic heterocycles. The maximum absolute atomic E-state index is 8.98. The summed E-state index contributed by atoms with van der Waals surface area (Å²) in [5.41, 5.74) is 3.83. The Balaban J connectivity index is 1.81.